The molecule has 10 nitrogen and oxygen atoms in total. The van der Waals surface area contributed by atoms with E-state index in [-0.39, 0.29) is 26.7 Å². The third kappa shape index (κ3) is 4.39. The van der Waals surface area contributed by atoms with Crippen LogP contribution in [0.5, 0.6) is 11.5 Å². The summed E-state index contributed by atoms with van der Waals surface area (Å²) in [5.74, 6) is 0.723. The number of rotatable bonds is 6. The van der Waals surface area contributed by atoms with E-state index in [0.717, 1.165) is 47.4 Å². The number of nitro groups is 1. The molecule has 0 saturated carbocycles. The summed E-state index contributed by atoms with van der Waals surface area (Å²) < 4.78 is 35.7. The molecule has 158 valence electrons. The molecule has 3 aromatic rings. The Bertz CT molecular complexity index is 1300. The second-order valence-electron chi connectivity index (χ2n) is 6.17. The Kier molecular flexibility index (Phi) is 5.40. The highest BCUT2D eigenvalue weighted by Crippen LogP contribution is 2.33. The molecule has 0 atom stereocenters. The number of aromatic nitrogens is 1. The van der Waals surface area contributed by atoms with Crippen molar-refractivity contribution in [2.24, 2.45) is 0 Å². The molecule has 0 fully saturated rings. The van der Waals surface area contributed by atoms with Crippen LogP contribution in [-0.4, -0.2) is 31.0 Å². The van der Waals surface area contributed by atoms with Crippen molar-refractivity contribution in [1.82, 2.24) is 4.98 Å². The Labute approximate surface area is 179 Å². The minimum atomic E-state index is -3.92. The molecule has 0 bridgehead atoms. The van der Waals surface area contributed by atoms with Crippen LogP contribution >= 0.6 is 11.3 Å². The van der Waals surface area contributed by atoms with Crippen molar-refractivity contribution in [3.63, 3.8) is 0 Å². The van der Waals surface area contributed by atoms with Crippen LogP contribution in [0.15, 0.2) is 63.8 Å². The zero-order valence-electron chi connectivity index (χ0n) is 15.5. The van der Waals surface area contributed by atoms with Gasteiger partial charge in [-0.2, -0.15) is 0 Å². The Hall–Kier alpha value is -3.77. The van der Waals surface area contributed by atoms with Crippen molar-refractivity contribution >= 4 is 44.0 Å². The summed E-state index contributed by atoms with van der Waals surface area (Å²) in [7, 11) is -3.92. The van der Waals surface area contributed by atoms with E-state index in [1.165, 1.54) is 6.08 Å². The Morgan fingerprint density at radius 1 is 1.16 bits per heavy atom. The molecule has 1 aliphatic rings. The van der Waals surface area contributed by atoms with Crippen LogP contribution in [0, 0.1) is 10.1 Å². The lowest BCUT2D eigenvalue weighted by Crippen LogP contribution is -2.07. The van der Waals surface area contributed by atoms with Crippen LogP contribution in [-0.2, 0) is 14.6 Å². The Morgan fingerprint density at radius 3 is 2.65 bits per heavy atom. The molecule has 1 aliphatic heterocycles. The van der Waals surface area contributed by atoms with Gasteiger partial charge in [-0.3, -0.25) is 20.2 Å². The standard InChI is InChI=1S/C19H13N3O7S2/c23-17(8-2-12-1-7-15-16(9-12)29-11-28-15)21-19-20-10-18(30-19)31(26,27)14-5-3-13(4-6-14)22(24)25/h1-10H,11H2,(H,20,21,23)/b8-2+. The molecular weight excluding hydrogens is 446 g/mol. The van der Waals surface area contributed by atoms with Crippen molar-refractivity contribution in [3.8, 4) is 11.5 Å². The number of nitro benzene ring substituents is 1. The van der Waals surface area contributed by atoms with Crippen molar-refractivity contribution < 1.29 is 27.6 Å². The molecule has 0 radical (unpaired) electrons. The lowest BCUT2D eigenvalue weighted by Gasteiger charge is -2.01. The minimum absolute atomic E-state index is 0.0980. The summed E-state index contributed by atoms with van der Waals surface area (Å²) in [5, 5.41) is 13.3. The van der Waals surface area contributed by atoms with Gasteiger partial charge in [-0.05, 0) is 35.9 Å². The molecule has 1 amide bonds. The van der Waals surface area contributed by atoms with Gasteiger partial charge in [-0.25, -0.2) is 13.4 Å². The molecular formula is C19H13N3O7S2. The number of non-ortho nitro benzene ring substituents is 1. The summed E-state index contributed by atoms with van der Waals surface area (Å²) in [6, 6.07) is 9.74. The highest BCUT2D eigenvalue weighted by Gasteiger charge is 2.22. The SMILES string of the molecule is O=C(/C=C/c1ccc2c(c1)OCO2)Nc1ncc(S(=O)(=O)c2ccc([N+](=O)[O-])cc2)s1. The number of anilines is 1. The summed E-state index contributed by atoms with van der Waals surface area (Å²) >= 11 is 0.776. The van der Waals surface area contributed by atoms with Gasteiger partial charge >= 0.3 is 0 Å². The number of nitrogens with one attached hydrogen (secondary N) is 1. The third-order valence-electron chi connectivity index (χ3n) is 4.16. The number of nitrogens with zero attached hydrogens (tertiary/aromatic N) is 2. The molecule has 4 rings (SSSR count). The maximum absolute atomic E-state index is 12.7. The minimum Gasteiger partial charge on any atom is -0.454 e. The average molecular weight is 459 g/mol. The van der Waals surface area contributed by atoms with Crippen LogP contribution in [0.3, 0.4) is 0 Å². The van der Waals surface area contributed by atoms with E-state index < -0.39 is 20.7 Å². The number of hydrogen-bond donors (Lipinski definition) is 1. The van der Waals surface area contributed by atoms with Crippen molar-refractivity contribution in [2.45, 2.75) is 9.10 Å². The molecule has 1 aromatic heterocycles. The molecule has 1 N–H and O–H groups in total. The number of thiazole rings is 1. The molecule has 0 unspecified atom stereocenters. The van der Waals surface area contributed by atoms with E-state index in [4.69, 9.17) is 9.47 Å². The van der Waals surface area contributed by atoms with Crippen molar-refractivity contribution in [1.29, 1.82) is 0 Å². The first-order chi connectivity index (χ1) is 14.8. The summed E-state index contributed by atoms with van der Waals surface area (Å²) in [6.45, 7) is 0.151. The van der Waals surface area contributed by atoms with Gasteiger partial charge in [0.1, 0.15) is 4.21 Å². The number of hydrogen-bond acceptors (Lipinski definition) is 9. The fourth-order valence-electron chi connectivity index (χ4n) is 2.64. The van der Waals surface area contributed by atoms with Crippen LogP contribution < -0.4 is 14.8 Å². The normalized spacial score (nSPS) is 12.8. The lowest BCUT2D eigenvalue weighted by molar-refractivity contribution is -0.384. The average Bonchev–Trinajstić information content (AvgIpc) is 3.41. The molecule has 0 aliphatic carbocycles. The van der Waals surface area contributed by atoms with Gasteiger partial charge in [-0.1, -0.05) is 17.4 Å². The molecule has 0 saturated heterocycles. The largest absolute Gasteiger partial charge is 0.454 e. The molecule has 31 heavy (non-hydrogen) atoms. The number of carbonyl (C=O) groups excluding carboxylic acids is 1. The topological polar surface area (TPSA) is 138 Å². The van der Waals surface area contributed by atoms with E-state index in [2.05, 4.69) is 10.3 Å². The first-order valence-corrected chi connectivity index (χ1v) is 11.0. The van der Waals surface area contributed by atoms with E-state index in [1.54, 1.807) is 24.3 Å². The van der Waals surface area contributed by atoms with Crippen molar-refractivity contribution in [3.05, 3.63) is 70.4 Å². The highest BCUT2D eigenvalue weighted by molar-refractivity contribution is 7.93. The van der Waals surface area contributed by atoms with Gasteiger partial charge < -0.3 is 9.47 Å². The predicted octanol–water partition coefficient (Wildman–Crippen LogP) is 3.26. The van der Waals surface area contributed by atoms with Crippen molar-refractivity contribution in [2.75, 3.05) is 12.1 Å². The Morgan fingerprint density at radius 2 is 1.90 bits per heavy atom. The third-order valence-corrected chi connectivity index (χ3v) is 7.30. The maximum Gasteiger partial charge on any atom is 0.269 e. The summed E-state index contributed by atoms with van der Waals surface area (Å²) in [6.07, 6.45) is 3.97. The summed E-state index contributed by atoms with van der Waals surface area (Å²) in [5.41, 5.74) is 0.505. The van der Waals surface area contributed by atoms with Gasteiger partial charge in [0.2, 0.25) is 22.5 Å². The second-order valence-corrected chi connectivity index (χ2v) is 9.38. The fraction of sp³-hybridized carbons (Fsp3) is 0.0526. The Balaban J connectivity index is 1.44. The zero-order chi connectivity index (χ0) is 22.0. The number of sulfone groups is 1. The van der Waals surface area contributed by atoms with Gasteiger partial charge in [0, 0.05) is 18.2 Å². The van der Waals surface area contributed by atoms with Gasteiger partial charge in [0.05, 0.1) is 16.0 Å². The number of ether oxygens (including phenoxy) is 2. The zero-order valence-corrected chi connectivity index (χ0v) is 17.2. The van der Waals surface area contributed by atoms with E-state index in [1.807, 2.05) is 0 Å². The lowest BCUT2D eigenvalue weighted by atomic mass is 10.2. The molecule has 2 aromatic carbocycles. The quantitative estimate of drug-likeness (QED) is 0.337. The van der Waals surface area contributed by atoms with E-state index >= 15 is 0 Å². The van der Waals surface area contributed by atoms with Crippen LogP contribution in [0.1, 0.15) is 5.56 Å². The van der Waals surface area contributed by atoms with Crippen LogP contribution in [0.2, 0.25) is 0 Å². The van der Waals surface area contributed by atoms with Gasteiger partial charge in [0.15, 0.2) is 16.6 Å². The molecule has 2 heterocycles. The van der Waals surface area contributed by atoms with Gasteiger partial charge in [-0.15, -0.1) is 0 Å². The van der Waals surface area contributed by atoms with E-state index in [0.29, 0.717) is 11.5 Å². The fourth-order valence-corrected chi connectivity index (χ4v) is 5.08. The van der Waals surface area contributed by atoms with Crippen LogP contribution in [0.25, 0.3) is 6.08 Å². The van der Waals surface area contributed by atoms with E-state index in [9.17, 15) is 23.3 Å². The highest BCUT2D eigenvalue weighted by atomic mass is 32.2. The summed E-state index contributed by atoms with van der Waals surface area (Å²) in [4.78, 5) is 26.1. The van der Waals surface area contributed by atoms with Crippen LogP contribution in [0.4, 0.5) is 10.8 Å². The number of amides is 1. The maximum atomic E-state index is 12.7. The molecule has 12 heteroatoms. The first kappa shape index (κ1) is 20.5. The number of fused-ring (bicyclic) bond motifs is 1. The predicted molar refractivity (Wildman–Crippen MR) is 111 cm³/mol. The number of benzene rings is 2. The monoisotopic (exact) mass is 459 g/mol. The van der Waals surface area contributed by atoms with Gasteiger partial charge in [0.25, 0.3) is 5.69 Å². The first-order valence-electron chi connectivity index (χ1n) is 8.67. The smallest absolute Gasteiger partial charge is 0.269 e. The number of carbonyl (C=O) groups is 1. The molecule has 0 spiro atoms. The second kappa shape index (κ2) is 8.16.